The zero-order chi connectivity index (χ0) is 7.28. The van der Waals surface area contributed by atoms with Crippen molar-refractivity contribution in [3.63, 3.8) is 0 Å². The first-order chi connectivity index (χ1) is 4.22. The van der Waals surface area contributed by atoms with Crippen LogP contribution in [0.2, 0.25) is 0 Å². The minimum absolute atomic E-state index is 0.303. The molecule has 0 heterocycles. The maximum atomic E-state index is 8.55. The van der Waals surface area contributed by atoms with Crippen LogP contribution in [0.3, 0.4) is 0 Å². The Balaban J connectivity index is 3.63. The molecule has 0 aromatic heterocycles. The SMILES string of the molecule is CCOC(=N)C(O)C#N. The Morgan fingerprint density at radius 2 is 2.56 bits per heavy atom. The molecule has 9 heavy (non-hydrogen) atoms. The summed E-state index contributed by atoms with van der Waals surface area (Å²) in [5.74, 6) is -0.389. The molecule has 0 aromatic rings. The largest absolute Gasteiger partial charge is 0.479 e. The highest BCUT2D eigenvalue weighted by Crippen LogP contribution is 1.85. The molecule has 0 amide bonds. The lowest BCUT2D eigenvalue weighted by molar-refractivity contribution is 0.225. The Kier molecular flexibility index (Phi) is 3.40. The molecule has 0 saturated carbocycles. The molecule has 2 N–H and O–H groups in total. The lowest BCUT2D eigenvalue weighted by Gasteiger charge is -2.03. The first kappa shape index (κ1) is 7.92. The van der Waals surface area contributed by atoms with E-state index in [1.165, 1.54) is 6.07 Å². The van der Waals surface area contributed by atoms with Crippen LogP contribution in [0.1, 0.15) is 6.92 Å². The van der Waals surface area contributed by atoms with E-state index in [1.54, 1.807) is 6.92 Å². The Bertz CT molecular complexity index is 138. The molecule has 50 valence electrons. The van der Waals surface area contributed by atoms with E-state index in [4.69, 9.17) is 15.8 Å². The third-order valence-corrected chi connectivity index (χ3v) is 0.670. The van der Waals surface area contributed by atoms with E-state index in [0.717, 1.165) is 0 Å². The molecule has 4 heteroatoms. The van der Waals surface area contributed by atoms with Gasteiger partial charge in [-0.25, -0.2) is 0 Å². The number of aliphatic hydroxyl groups excluding tert-OH is 1. The first-order valence-corrected chi connectivity index (χ1v) is 2.51. The van der Waals surface area contributed by atoms with Gasteiger partial charge in [0, 0.05) is 0 Å². The van der Waals surface area contributed by atoms with Crippen LogP contribution in [-0.2, 0) is 4.74 Å². The van der Waals surface area contributed by atoms with E-state index in [0.29, 0.717) is 6.61 Å². The summed E-state index contributed by atoms with van der Waals surface area (Å²) < 4.78 is 4.51. The Morgan fingerprint density at radius 3 is 2.89 bits per heavy atom. The van der Waals surface area contributed by atoms with Crippen molar-refractivity contribution in [1.82, 2.24) is 0 Å². The highest BCUT2D eigenvalue weighted by molar-refractivity contribution is 5.79. The summed E-state index contributed by atoms with van der Waals surface area (Å²) in [6.45, 7) is 1.98. The fourth-order valence-corrected chi connectivity index (χ4v) is 0.293. The van der Waals surface area contributed by atoms with Crippen LogP contribution in [0.15, 0.2) is 0 Å². The fraction of sp³-hybridized carbons (Fsp3) is 0.600. The van der Waals surface area contributed by atoms with E-state index in [-0.39, 0.29) is 5.90 Å². The van der Waals surface area contributed by atoms with Crippen LogP contribution >= 0.6 is 0 Å². The second kappa shape index (κ2) is 3.87. The van der Waals surface area contributed by atoms with Gasteiger partial charge in [-0.1, -0.05) is 0 Å². The molecule has 0 aliphatic carbocycles. The quantitative estimate of drug-likeness (QED) is 0.309. The topological polar surface area (TPSA) is 77.1 Å². The predicted molar refractivity (Wildman–Crippen MR) is 31.0 cm³/mol. The number of ether oxygens (including phenoxy) is 1. The average molecular weight is 128 g/mol. The molecule has 0 radical (unpaired) electrons. The molecule has 0 saturated heterocycles. The predicted octanol–water partition coefficient (Wildman–Crippen LogP) is -0.115. The number of nitrogens with one attached hydrogen (secondary N) is 1. The number of nitrogens with zero attached hydrogens (tertiary/aromatic N) is 1. The molecule has 4 nitrogen and oxygen atoms in total. The Morgan fingerprint density at radius 1 is 2.00 bits per heavy atom. The van der Waals surface area contributed by atoms with Crippen molar-refractivity contribution in [3.05, 3.63) is 0 Å². The fourth-order valence-electron chi connectivity index (χ4n) is 0.293. The van der Waals surface area contributed by atoms with Crippen molar-refractivity contribution in [2.45, 2.75) is 13.0 Å². The van der Waals surface area contributed by atoms with E-state index in [9.17, 15) is 0 Å². The van der Waals surface area contributed by atoms with Gasteiger partial charge in [0.2, 0.25) is 12.0 Å². The highest BCUT2D eigenvalue weighted by Gasteiger charge is 2.08. The van der Waals surface area contributed by atoms with Crippen molar-refractivity contribution >= 4 is 5.90 Å². The van der Waals surface area contributed by atoms with Crippen molar-refractivity contribution in [3.8, 4) is 6.07 Å². The molecule has 0 bridgehead atoms. The molecular weight excluding hydrogens is 120 g/mol. The zero-order valence-electron chi connectivity index (χ0n) is 5.09. The monoisotopic (exact) mass is 128 g/mol. The van der Waals surface area contributed by atoms with Gasteiger partial charge >= 0.3 is 0 Å². The van der Waals surface area contributed by atoms with Crippen molar-refractivity contribution in [2.24, 2.45) is 0 Å². The standard InChI is InChI=1S/C5H8N2O2/c1-2-9-5(7)4(8)3-6/h4,7-8H,2H2,1H3. The van der Waals surface area contributed by atoms with Crippen LogP contribution in [0.25, 0.3) is 0 Å². The first-order valence-electron chi connectivity index (χ1n) is 2.51. The van der Waals surface area contributed by atoms with Crippen molar-refractivity contribution < 1.29 is 9.84 Å². The molecule has 0 aliphatic rings. The van der Waals surface area contributed by atoms with Gasteiger partial charge in [-0.2, -0.15) is 5.26 Å². The maximum Gasteiger partial charge on any atom is 0.225 e. The van der Waals surface area contributed by atoms with Crippen molar-refractivity contribution in [2.75, 3.05) is 6.61 Å². The summed E-state index contributed by atoms with van der Waals surface area (Å²) in [5.41, 5.74) is 0. The third-order valence-electron chi connectivity index (χ3n) is 0.670. The highest BCUT2D eigenvalue weighted by atomic mass is 16.5. The number of aliphatic hydroxyl groups is 1. The average Bonchev–Trinajstić information content (AvgIpc) is 1.87. The van der Waals surface area contributed by atoms with Gasteiger partial charge in [0.1, 0.15) is 6.07 Å². The lowest BCUT2D eigenvalue weighted by Crippen LogP contribution is -2.19. The number of hydrogen-bond acceptors (Lipinski definition) is 4. The van der Waals surface area contributed by atoms with Gasteiger partial charge in [0.15, 0.2) is 0 Å². The summed E-state index contributed by atoms with van der Waals surface area (Å²) in [6.07, 6.45) is -1.41. The summed E-state index contributed by atoms with van der Waals surface area (Å²) in [4.78, 5) is 0. The van der Waals surface area contributed by atoms with Crippen molar-refractivity contribution in [1.29, 1.82) is 10.7 Å². The van der Waals surface area contributed by atoms with Crippen LogP contribution in [-0.4, -0.2) is 23.7 Å². The maximum absolute atomic E-state index is 8.55. The second-order valence-electron chi connectivity index (χ2n) is 1.33. The van der Waals surface area contributed by atoms with E-state index in [1.807, 2.05) is 0 Å². The minimum atomic E-state index is -1.41. The molecule has 0 fully saturated rings. The summed E-state index contributed by atoms with van der Waals surface area (Å²) in [5, 5.41) is 23.4. The van der Waals surface area contributed by atoms with Crippen LogP contribution < -0.4 is 0 Å². The Labute approximate surface area is 53.2 Å². The summed E-state index contributed by atoms with van der Waals surface area (Å²) in [7, 11) is 0. The smallest absolute Gasteiger partial charge is 0.225 e. The van der Waals surface area contributed by atoms with Crippen LogP contribution in [0.4, 0.5) is 0 Å². The van der Waals surface area contributed by atoms with Gasteiger partial charge in [-0.05, 0) is 6.92 Å². The van der Waals surface area contributed by atoms with Gasteiger partial charge in [-0.3, -0.25) is 5.41 Å². The molecule has 0 spiro atoms. The van der Waals surface area contributed by atoms with Crippen LogP contribution in [0, 0.1) is 16.7 Å². The van der Waals surface area contributed by atoms with E-state index < -0.39 is 6.10 Å². The summed E-state index contributed by atoms with van der Waals surface area (Å²) in [6, 6.07) is 1.46. The van der Waals surface area contributed by atoms with E-state index >= 15 is 0 Å². The van der Waals surface area contributed by atoms with E-state index in [2.05, 4.69) is 4.74 Å². The molecular formula is C5H8N2O2. The van der Waals surface area contributed by atoms with Gasteiger partial charge in [0.25, 0.3) is 0 Å². The Hall–Kier alpha value is -1.08. The van der Waals surface area contributed by atoms with Crippen LogP contribution in [0.5, 0.6) is 0 Å². The third kappa shape index (κ3) is 2.67. The van der Waals surface area contributed by atoms with Gasteiger partial charge < -0.3 is 9.84 Å². The van der Waals surface area contributed by atoms with Gasteiger partial charge in [0.05, 0.1) is 6.61 Å². The molecule has 1 atom stereocenters. The summed E-state index contributed by atoms with van der Waals surface area (Å²) >= 11 is 0. The molecule has 0 aromatic carbocycles. The molecule has 0 rings (SSSR count). The minimum Gasteiger partial charge on any atom is -0.479 e. The molecule has 0 aliphatic heterocycles. The number of hydrogen-bond donors (Lipinski definition) is 2. The number of nitriles is 1. The lowest BCUT2D eigenvalue weighted by atomic mass is 10.4. The second-order valence-corrected chi connectivity index (χ2v) is 1.33. The van der Waals surface area contributed by atoms with Gasteiger partial charge in [-0.15, -0.1) is 0 Å². The molecule has 1 unspecified atom stereocenters. The number of rotatable bonds is 2. The normalized spacial score (nSPS) is 11.7. The zero-order valence-corrected chi connectivity index (χ0v) is 5.09.